The molecule has 1 fully saturated rings. The number of hydrogen-bond donors (Lipinski definition) is 3. The second-order valence-electron chi connectivity index (χ2n) is 10.6. The Labute approximate surface area is 218 Å². The molecule has 1 aliphatic rings. The number of hydrogen-bond acceptors (Lipinski definition) is 5. The van der Waals surface area contributed by atoms with Crippen molar-refractivity contribution in [3.63, 3.8) is 0 Å². The molecule has 2 aromatic carbocycles. The summed E-state index contributed by atoms with van der Waals surface area (Å²) in [7, 11) is 0. The second kappa shape index (κ2) is 11.2. The minimum absolute atomic E-state index is 0.136. The number of rotatable bonds is 7. The molecule has 1 aromatic heterocycles. The summed E-state index contributed by atoms with van der Waals surface area (Å²) in [4.78, 5) is 27.7. The number of anilines is 1. The molecule has 3 aromatic rings. The molecular weight excluding hydrogens is 466 g/mol. The van der Waals surface area contributed by atoms with E-state index in [1.807, 2.05) is 63.2 Å². The molecule has 8 nitrogen and oxygen atoms in total. The number of nitrogens with one attached hydrogen (secondary N) is 3. The Bertz CT molecular complexity index is 1180. The quantitative estimate of drug-likeness (QED) is 0.440. The standard InChI is InChI=1S/C29H37N5O3/c1-21(31-27(36)37-20-22-11-7-5-8-12-22)26(35)34(28(2,3)4)25-19-24(32-33-25)29(15-17-30-18-16-29)23-13-9-6-10-14-23/h5-14,19,21,30H,15-18,20H2,1-4H3,(H,31,36)(H,32,33). The molecule has 1 saturated heterocycles. The van der Waals surface area contributed by atoms with Gasteiger partial charge in [-0.3, -0.25) is 14.8 Å². The van der Waals surface area contributed by atoms with Gasteiger partial charge in [0, 0.05) is 17.0 Å². The molecule has 0 aliphatic carbocycles. The number of piperidine rings is 1. The minimum Gasteiger partial charge on any atom is -0.445 e. The fourth-order valence-electron chi connectivity index (χ4n) is 4.98. The van der Waals surface area contributed by atoms with Gasteiger partial charge in [0.05, 0.1) is 5.69 Å². The summed E-state index contributed by atoms with van der Waals surface area (Å²) in [5.41, 5.74) is 2.22. The highest BCUT2D eigenvalue weighted by Crippen LogP contribution is 2.40. The van der Waals surface area contributed by atoms with Crippen molar-refractivity contribution in [2.24, 2.45) is 0 Å². The highest BCUT2D eigenvalue weighted by atomic mass is 16.5. The monoisotopic (exact) mass is 503 g/mol. The molecule has 3 N–H and O–H groups in total. The van der Waals surface area contributed by atoms with Crippen molar-refractivity contribution in [3.8, 4) is 0 Å². The summed E-state index contributed by atoms with van der Waals surface area (Å²) in [5.74, 6) is 0.353. The van der Waals surface area contributed by atoms with Crippen LogP contribution in [0, 0.1) is 0 Å². The van der Waals surface area contributed by atoms with E-state index in [9.17, 15) is 9.59 Å². The smallest absolute Gasteiger partial charge is 0.408 e. The zero-order valence-corrected chi connectivity index (χ0v) is 22.1. The van der Waals surface area contributed by atoms with Gasteiger partial charge in [-0.2, -0.15) is 5.10 Å². The third kappa shape index (κ3) is 6.02. The Balaban J connectivity index is 1.53. The first kappa shape index (κ1) is 26.4. The van der Waals surface area contributed by atoms with Gasteiger partial charge < -0.3 is 15.4 Å². The molecule has 1 atom stereocenters. The van der Waals surface area contributed by atoms with E-state index in [2.05, 4.69) is 40.0 Å². The van der Waals surface area contributed by atoms with Crippen molar-refractivity contribution in [2.45, 2.75) is 64.1 Å². The predicted octanol–water partition coefficient (Wildman–Crippen LogP) is 4.53. The maximum absolute atomic E-state index is 13.6. The Hall–Kier alpha value is -3.65. The normalized spacial score (nSPS) is 16.0. The summed E-state index contributed by atoms with van der Waals surface area (Å²) in [5, 5.41) is 14.0. The fourth-order valence-corrected chi connectivity index (χ4v) is 4.98. The number of carbonyl (C=O) groups is 2. The van der Waals surface area contributed by atoms with E-state index in [1.54, 1.807) is 11.8 Å². The Morgan fingerprint density at radius 1 is 1.05 bits per heavy atom. The van der Waals surface area contributed by atoms with Gasteiger partial charge in [-0.15, -0.1) is 0 Å². The molecule has 2 amide bonds. The molecule has 1 unspecified atom stereocenters. The Morgan fingerprint density at radius 2 is 1.68 bits per heavy atom. The molecule has 2 heterocycles. The number of aromatic amines is 1. The molecule has 37 heavy (non-hydrogen) atoms. The highest BCUT2D eigenvalue weighted by Gasteiger charge is 2.40. The van der Waals surface area contributed by atoms with E-state index < -0.39 is 17.7 Å². The molecule has 0 spiro atoms. The zero-order chi connectivity index (χ0) is 26.5. The summed E-state index contributed by atoms with van der Waals surface area (Å²) in [6.45, 7) is 9.48. The zero-order valence-electron chi connectivity index (χ0n) is 22.1. The number of ether oxygens (including phenoxy) is 1. The maximum atomic E-state index is 13.6. The van der Waals surface area contributed by atoms with Crippen LogP contribution in [0.4, 0.5) is 10.6 Å². The first-order valence-electron chi connectivity index (χ1n) is 12.8. The minimum atomic E-state index is -0.795. The van der Waals surface area contributed by atoms with Crippen LogP contribution in [-0.4, -0.2) is 46.9 Å². The van der Waals surface area contributed by atoms with Crippen molar-refractivity contribution in [3.05, 3.63) is 83.6 Å². The van der Waals surface area contributed by atoms with Crippen LogP contribution in [0.15, 0.2) is 66.7 Å². The highest BCUT2D eigenvalue weighted by molar-refractivity contribution is 5.98. The van der Waals surface area contributed by atoms with Crippen LogP contribution in [0.5, 0.6) is 0 Å². The lowest BCUT2D eigenvalue weighted by Crippen LogP contribution is -2.54. The lowest BCUT2D eigenvalue weighted by Gasteiger charge is -2.37. The van der Waals surface area contributed by atoms with Gasteiger partial charge in [-0.05, 0) is 64.8 Å². The average molecular weight is 504 g/mol. The fraction of sp³-hybridized carbons (Fsp3) is 0.414. The topological polar surface area (TPSA) is 99.3 Å². The average Bonchev–Trinajstić information content (AvgIpc) is 3.38. The van der Waals surface area contributed by atoms with Crippen LogP contribution in [0.3, 0.4) is 0 Å². The van der Waals surface area contributed by atoms with Crippen molar-refractivity contribution in [2.75, 3.05) is 18.0 Å². The van der Waals surface area contributed by atoms with Crippen LogP contribution in [0.25, 0.3) is 0 Å². The Kier molecular flexibility index (Phi) is 7.97. The molecular formula is C29H37N5O3. The van der Waals surface area contributed by atoms with E-state index in [-0.39, 0.29) is 17.9 Å². The van der Waals surface area contributed by atoms with Gasteiger partial charge in [0.15, 0.2) is 0 Å². The van der Waals surface area contributed by atoms with E-state index in [1.165, 1.54) is 5.56 Å². The number of H-pyrrole nitrogens is 1. The summed E-state index contributed by atoms with van der Waals surface area (Å²) in [6, 6.07) is 21.1. The van der Waals surface area contributed by atoms with Crippen LogP contribution < -0.4 is 15.5 Å². The van der Waals surface area contributed by atoms with Crippen LogP contribution >= 0.6 is 0 Å². The third-order valence-corrected chi connectivity index (χ3v) is 6.89. The van der Waals surface area contributed by atoms with Crippen LogP contribution in [0.2, 0.25) is 0 Å². The first-order valence-corrected chi connectivity index (χ1v) is 12.8. The van der Waals surface area contributed by atoms with Crippen LogP contribution in [-0.2, 0) is 21.6 Å². The molecule has 1 aliphatic heterocycles. The molecule has 0 radical (unpaired) electrons. The van der Waals surface area contributed by atoms with Crippen molar-refractivity contribution in [1.82, 2.24) is 20.8 Å². The van der Waals surface area contributed by atoms with Gasteiger partial charge in [0.2, 0.25) is 0 Å². The maximum Gasteiger partial charge on any atom is 0.408 e. The summed E-state index contributed by atoms with van der Waals surface area (Å²) < 4.78 is 5.32. The van der Waals surface area contributed by atoms with Crippen LogP contribution in [0.1, 0.15) is 57.4 Å². The number of nitrogens with zero attached hydrogens (tertiary/aromatic N) is 2. The van der Waals surface area contributed by atoms with Crippen molar-refractivity contribution < 1.29 is 14.3 Å². The molecule has 0 bridgehead atoms. The van der Waals surface area contributed by atoms with E-state index in [0.717, 1.165) is 37.2 Å². The number of aromatic nitrogens is 2. The lowest BCUT2D eigenvalue weighted by molar-refractivity contribution is -0.121. The molecule has 0 saturated carbocycles. The first-order chi connectivity index (χ1) is 17.7. The molecule has 8 heteroatoms. The largest absolute Gasteiger partial charge is 0.445 e. The second-order valence-corrected chi connectivity index (χ2v) is 10.6. The lowest BCUT2D eigenvalue weighted by atomic mass is 9.71. The summed E-state index contributed by atoms with van der Waals surface area (Å²) >= 11 is 0. The van der Waals surface area contributed by atoms with E-state index in [0.29, 0.717) is 5.82 Å². The van der Waals surface area contributed by atoms with Crippen molar-refractivity contribution >= 4 is 17.8 Å². The van der Waals surface area contributed by atoms with Crippen molar-refractivity contribution in [1.29, 1.82) is 0 Å². The number of amides is 2. The molecule has 4 rings (SSSR count). The van der Waals surface area contributed by atoms with E-state index in [4.69, 9.17) is 9.84 Å². The summed E-state index contributed by atoms with van der Waals surface area (Å²) in [6.07, 6.45) is 1.19. The third-order valence-electron chi connectivity index (χ3n) is 6.89. The van der Waals surface area contributed by atoms with Gasteiger partial charge in [0.1, 0.15) is 18.5 Å². The predicted molar refractivity (Wildman–Crippen MR) is 144 cm³/mol. The number of alkyl carbamates (subject to hydrolysis) is 1. The van der Waals surface area contributed by atoms with Gasteiger partial charge in [-0.25, -0.2) is 4.79 Å². The van der Waals surface area contributed by atoms with Gasteiger partial charge >= 0.3 is 6.09 Å². The van der Waals surface area contributed by atoms with Gasteiger partial charge in [-0.1, -0.05) is 60.7 Å². The van der Waals surface area contributed by atoms with Gasteiger partial charge in [0.25, 0.3) is 5.91 Å². The SMILES string of the molecule is CC(NC(=O)OCc1ccccc1)C(=O)N(c1cc(C2(c3ccccc3)CCNCC2)n[nH]1)C(C)(C)C. The van der Waals surface area contributed by atoms with E-state index >= 15 is 0 Å². The Morgan fingerprint density at radius 3 is 2.30 bits per heavy atom. The molecule has 196 valence electrons. The number of benzene rings is 2. The number of carbonyl (C=O) groups excluding carboxylic acids is 2.